The molecule has 0 atom stereocenters. The molecule has 6 heteroatoms. The van der Waals surface area contributed by atoms with Crippen LogP contribution in [-0.4, -0.2) is 12.5 Å². The summed E-state index contributed by atoms with van der Waals surface area (Å²) in [6.07, 6.45) is 2.93. The Balaban J connectivity index is 2.04. The Morgan fingerprint density at radius 1 is 1.04 bits per heavy atom. The first kappa shape index (κ1) is 14.6. The number of hydrogen-bond donors (Lipinski definition) is 1. The summed E-state index contributed by atoms with van der Waals surface area (Å²) in [6.45, 7) is 0.752. The summed E-state index contributed by atoms with van der Waals surface area (Å²) in [6, 6.07) is 9.09. The highest BCUT2D eigenvalue weighted by molar-refractivity contribution is 5.98. The van der Waals surface area contributed by atoms with E-state index in [0.717, 1.165) is 36.2 Å². The Kier molecular flexibility index (Phi) is 3.71. The molecule has 2 heterocycles. The number of aryl methyl sites for hydroxylation is 2. The molecule has 0 spiro atoms. The number of nitrogens with one attached hydrogen (secondary N) is 1. The lowest BCUT2D eigenvalue weighted by Gasteiger charge is -2.35. The second kappa shape index (κ2) is 5.83. The van der Waals surface area contributed by atoms with Crippen LogP contribution in [0, 0.1) is 34.0 Å². The quantitative estimate of drug-likeness (QED) is 0.843. The van der Waals surface area contributed by atoms with E-state index in [9.17, 15) is 4.79 Å². The van der Waals surface area contributed by atoms with Gasteiger partial charge in [0.2, 0.25) is 5.91 Å². The van der Waals surface area contributed by atoms with Crippen molar-refractivity contribution in [3.05, 3.63) is 34.5 Å². The average Bonchev–Trinajstić information content (AvgIpc) is 2.58. The van der Waals surface area contributed by atoms with Crippen LogP contribution < -0.4 is 10.2 Å². The molecule has 1 N–H and O–H groups in total. The molecule has 2 aliphatic heterocycles. The minimum Gasteiger partial charge on any atom is -0.345 e. The van der Waals surface area contributed by atoms with E-state index < -0.39 is 0 Å². The third-order valence-electron chi connectivity index (χ3n) is 4.13. The zero-order valence-electron chi connectivity index (χ0n) is 12.4. The van der Waals surface area contributed by atoms with E-state index >= 15 is 0 Å². The van der Waals surface area contributed by atoms with E-state index in [4.69, 9.17) is 15.8 Å². The summed E-state index contributed by atoms with van der Waals surface area (Å²) in [5.74, 6) is 0.160. The molecule has 1 amide bonds. The molecule has 0 bridgehead atoms. The maximum Gasteiger partial charge on any atom is 0.227 e. The van der Waals surface area contributed by atoms with E-state index in [1.165, 1.54) is 0 Å². The number of anilines is 2. The normalized spacial score (nSPS) is 14.8. The number of nitrogens with zero attached hydrogens (tertiary/aromatic N) is 4. The molecule has 0 saturated heterocycles. The lowest BCUT2D eigenvalue weighted by Crippen LogP contribution is -2.39. The topological polar surface area (TPSA) is 104 Å². The largest absolute Gasteiger partial charge is 0.345 e. The van der Waals surface area contributed by atoms with Gasteiger partial charge >= 0.3 is 0 Å². The first-order chi connectivity index (χ1) is 11.2. The van der Waals surface area contributed by atoms with Crippen LogP contribution in [0.4, 0.5) is 11.4 Å². The maximum absolute atomic E-state index is 12.0. The Bertz CT molecular complexity index is 814. The number of rotatable bonds is 2. The van der Waals surface area contributed by atoms with Gasteiger partial charge in [0, 0.05) is 18.7 Å². The molecule has 6 nitrogen and oxygen atoms in total. The Labute approximate surface area is 133 Å². The van der Waals surface area contributed by atoms with Gasteiger partial charge < -0.3 is 10.2 Å². The van der Waals surface area contributed by atoms with Crippen LogP contribution in [0.25, 0.3) is 0 Å². The fourth-order valence-corrected chi connectivity index (χ4v) is 3.15. The van der Waals surface area contributed by atoms with Gasteiger partial charge in [-0.3, -0.25) is 4.79 Å². The molecule has 0 radical (unpaired) electrons. The van der Waals surface area contributed by atoms with Gasteiger partial charge in [0.05, 0.1) is 5.69 Å². The predicted molar refractivity (Wildman–Crippen MR) is 82.9 cm³/mol. The van der Waals surface area contributed by atoms with Gasteiger partial charge in [-0.25, -0.2) is 0 Å². The zero-order chi connectivity index (χ0) is 16.4. The number of nitriles is 3. The van der Waals surface area contributed by atoms with Crippen LogP contribution in [0.2, 0.25) is 0 Å². The number of allylic oxidation sites excluding steroid dienone is 2. The van der Waals surface area contributed by atoms with Crippen LogP contribution in [0.1, 0.15) is 24.0 Å². The van der Waals surface area contributed by atoms with Crippen molar-refractivity contribution >= 4 is 17.3 Å². The third-order valence-corrected chi connectivity index (χ3v) is 4.13. The van der Waals surface area contributed by atoms with E-state index in [1.54, 1.807) is 12.1 Å². The summed E-state index contributed by atoms with van der Waals surface area (Å²) in [5, 5.41) is 29.8. The van der Waals surface area contributed by atoms with E-state index in [-0.39, 0.29) is 17.2 Å². The van der Waals surface area contributed by atoms with Crippen molar-refractivity contribution in [1.82, 2.24) is 0 Å². The van der Waals surface area contributed by atoms with Crippen LogP contribution >= 0.6 is 0 Å². The van der Waals surface area contributed by atoms with Crippen molar-refractivity contribution in [2.75, 3.05) is 16.8 Å². The molecule has 0 saturated carbocycles. The summed E-state index contributed by atoms with van der Waals surface area (Å²) < 4.78 is 0. The van der Waals surface area contributed by atoms with Crippen LogP contribution in [0.5, 0.6) is 0 Å². The standard InChI is InChI=1S/C17H13N5O/c18-8-13(9-19)15(10-20)21-14-6-11-2-1-5-22-16(23)4-3-12(7-14)17(11)22/h6-7,21H,1-5H2. The van der Waals surface area contributed by atoms with Gasteiger partial charge in [0.25, 0.3) is 0 Å². The molecule has 1 aromatic rings. The maximum atomic E-state index is 12.0. The first-order valence-corrected chi connectivity index (χ1v) is 7.35. The number of hydrogen-bond acceptors (Lipinski definition) is 5. The fraction of sp³-hybridized carbons (Fsp3) is 0.294. The van der Waals surface area contributed by atoms with Crippen molar-refractivity contribution < 1.29 is 4.79 Å². The Hall–Kier alpha value is -3.30. The molecular formula is C17H13N5O. The van der Waals surface area contributed by atoms with E-state index in [1.807, 2.05) is 23.1 Å². The van der Waals surface area contributed by atoms with Crippen molar-refractivity contribution in [3.63, 3.8) is 0 Å². The summed E-state index contributed by atoms with van der Waals surface area (Å²) in [4.78, 5) is 13.9. The van der Waals surface area contributed by atoms with Crippen LogP contribution in [-0.2, 0) is 17.6 Å². The SMILES string of the molecule is N#CC(C#N)=C(C#N)Nc1cc2c3c(c1)CCC(=O)N3CCC2. The smallest absolute Gasteiger partial charge is 0.227 e. The van der Waals surface area contributed by atoms with Crippen molar-refractivity contribution in [2.45, 2.75) is 25.7 Å². The Morgan fingerprint density at radius 3 is 2.39 bits per heavy atom. The fourth-order valence-electron chi connectivity index (χ4n) is 3.15. The second-order valence-electron chi connectivity index (χ2n) is 5.50. The summed E-state index contributed by atoms with van der Waals surface area (Å²) >= 11 is 0. The zero-order valence-corrected chi connectivity index (χ0v) is 12.4. The van der Waals surface area contributed by atoms with Crippen LogP contribution in [0.3, 0.4) is 0 Å². The van der Waals surface area contributed by atoms with Gasteiger partial charge in [-0.15, -0.1) is 0 Å². The van der Waals surface area contributed by atoms with Gasteiger partial charge in [0.1, 0.15) is 23.9 Å². The average molecular weight is 303 g/mol. The van der Waals surface area contributed by atoms with Gasteiger partial charge in [-0.05, 0) is 42.5 Å². The lowest BCUT2D eigenvalue weighted by atomic mass is 9.91. The molecule has 0 unspecified atom stereocenters. The highest BCUT2D eigenvalue weighted by Gasteiger charge is 2.29. The van der Waals surface area contributed by atoms with Crippen molar-refractivity contribution in [1.29, 1.82) is 15.8 Å². The first-order valence-electron chi connectivity index (χ1n) is 7.35. The molecule has 0 aromatic heterocycles. The summed E-state index contributed by atoms with van der Waals surface area (Å²) in [7, 11) is 0. The number of benzene rings is 1. The Morgan fingerprint density at radius 2 is 1.74 bits per heavy atom. The molecule has 0 aliphatic carbocycles. The third kappa shape index (κ3) is 2.50. The molecule has 23 heavy (non-hydrogen) atoms. The van der Waals surface area contributed by atoms with E-state index in [2.05, 4.69) is 5.32 Å². The predicted octanol–water partition coefficient (Wildman–Crippen LogP) is 2.15. The second-order valence-corrected chi connectivity index (χ2v) is 5.50. The monoisotopic (exact) mass is 303 g/mol. The molecule has 3 rings (SSSR count). The highest BCUT2D eigenvalue weighted by atomic mass is 16.2. The van der Waals surface area contributed by atoms with Crippen molar-refractivity contribution in [2.24, 2.45) is 0 Å². The minimum absolute atomic E-state index is 0.0540. The number of carbonyl (C=O) groups excluding carboxylic acids is 1. The molecular weight excluding hydrogens is 290 g/mol. The van der Waals surface area contributed by atoms with Gasteiger partial charge in [0.15, 0.2) is 5.57 Å². The molecule has 112 valence electrons. The van der Waals surface area contributed by atoms with Gasteiger partial charge in [-0.1, -0.05) is 0 Å². The molecule has 0 fully saturated rings. The molecule has 2 aliphatic rings. The summed E-state index contributed by atoms with van der Waals surface area (Å²) in [5.41, 5.74) is 3.52. The van der Waals surface area contributed by atoms with E-state index in [0.29, 0.717) is 18.5 Å². The van der Waals surface area contributed by atoms with Crippen molar-refractivity contribution in [3.8, 4) is 18.2 Å². The van der Waals surface area contributed by atoms with Gasteiger partial charge in [-0.2, -0.15) is 15.8 Å². The lowest BCUT2D eigenvalue weighted by molar-refractivity contribution is -0.119. The highest BCUT2D eigenvalue weighted by Crippen LogP contribution is 2.38. The molecule has 1 aromatic carbocycles. The number of carbonyl (C=O) groups is 1. The minimum atomic E-state index is -0.240. The number of amides is 1. The van der Waals surface area contributed by atoms with Crippen LogP contribution in [0.15, 0.2) is 23.4 Å².